The number of halogens is 1. The Kier molecular flexibility index (Phi) is 5.09. The molecule has 2 aromatic rings. The summed E-state index contributed by atoms with van der Waals surface area (Å²) < 4.78 is 19.4. The van der Waals surface area contributed by atoms with E-state index in [1.807, 2.05) is 6.07 Å². The van der Waals surface area contributed by atoms with Crippen LogP contribution in [0.1, 0.15) is 27.9 Å². The van der Waals surface area contributed by atoms with Crippen molar-refractivity contribution < 1.29 is 18.4 Å². The summed E-state index contributed by atoms with van der Waals surface area (Å²) in [6.07, 6.45) is 0. The average Bonchev–Trinajstić information content (AvgIpc) is 3.23. The van der Waals surface area contributed by atoms with Crippen molar-refractivity contribution in [1.29, 1.82) is 0 Å². The van der Waals surface area contributed by atoms with Crippen LogP contribution in [0.3, 0.4) is 0 Å². The zero-order valence-corrected chi connectivity index (χ0v) is 17.2. The molecule has 30 heavy (non-hydrogen) atoms. The maximum absolute atomic E-state index is 13.9. The Morgan fingerprint density at radius 3 is 2.57 bits per heavy atom. The Hall–Kier alpha value is -3.16. The Labute approximate surface area is 173 Å². The van der Waals surface area contributed by atoms with Gasteiger partial charge >= 0.3 is 6.03 Å². The van der Waals surface area contributed by atoms with E-state index in [9.17, 15) is 18.8 Å². The van der Waals surface area contributed by atoms with Crippen molar-refractivity contribution in [2.75, 3.05) is 33.7 Å². The molecule has 1 aromatic carbocycles. The second-order valence-electron chi connectivity index (χ2n) is 8.23. The highest BCUT2D eigenvalue weighted by Crippen LogP contribution is 2.45. The standard InChI is InChI=1S/C22H24FN3O4/c1-13-7-17(27)9-19(30-13)21(28)25-10-15-11-26(22(29)24(2)3)20(18(15)12-25)14-5-4-6-16(23)8-14/h4-9,15,18,20H,10-12H2,1-3H3/t15-,18-,20-/m1/s1. The van der Waals surface area contributed by atoms with Gasteiger partial charge in [0.2, 0.25) is 0 Å². The summed E-state index contributed by atoms with van der Waals surface area (Å²) in [5.74, 6) is -0.276. The maximum Gasteiger partial charge on any atom is 0.320 e. The molecule has 0 saturated carbocycles. The van der Waals surface area contributed by atoms with Gasteiger partial charge in [0.25, 0.3) is 5.91 Å². The molecule has 158 valence electrons. The molecule has 3 atom stereocenters. The molecule has 3 heterocycles. The van der Waals surface area contributed by atoms with Gasteiger partial charge in [-0.2, -0.15) is 0 Å². The van der Waals surface area contributed by atoms with Crippen molar-refractivity contribution in [1.82, 2.24) is 14.7 Å². The first-order valence-corrected chi connectivity index (χ1v) is 9.89. The Morgan fingerprint density at radius 1 is 1.13 bits per heavy atom. The van der Waals surface area contributed by atoms with Crippen molar-refractivity contribution in [3.05, 3.63) is 69.5 Å². The lowest BCUT2D eigenvalue weighted by Crippen LogP contribution is -2.42. The molecule has 0 aliphatic carbocycles. The van der Waals surface area contributed by atoms with Crippen LogP contribution in [-0.2, 0) is 0 Å². The quantitative estimate of drug-likeness (QED) is 0.758. The van der Waals surface area contributed by atoms with E-state index < -0.39 is 0 Å². The van der Waals surface area contributed by atoms with Gasteiger partial charge in [-0.25, -0.2) is 9.18 Å². The van der Waals surface area contributed by atoms with E-state index in [0.29, 0.717) is 31.0 Å². The molecular weight excluding hydrogens is 389 g/mol. The number of hydrogen-bond donors (Lipinski definition) is 0. The summed E-state index contributed by atoms with van der Waals surface area (Å²) in [5.41, 5.74) is 0.441. The number of nitrogens with zero attached hydrogens (tertiary/aromatic N) is 3. The smallest absolute Gasteiger partial charge is 0.320 e. The number of aryl methyl sites for hydroxylation is 1. The predicted molar refractivity (Wildman–Crippen MR) is 108 cm³/mol. The fraction of sp³-hybridized carbons (Fsp3) is 0.409. The number of carbonyl (C=O) groups is 2. The molecule has 2 saturated heterocycles. The van der Waals surface area contributed by atoms with Crippen LogP contribution < -0.4 is 5.43 Å². The number of rotatable bonds is 2. The van der Waals surface area contributed by atoms with Gasteiger partial charge in [0, 0.05) is 57.7 Å². The predicted octanol–water partition coefficient (Wildman–Crippen LogP) is 2.51. The SMILES string of the molecule is Cc1cc(=O)cc(C(=O)N2C[C@@H]3CN(C(=O)N(C)C)[C@H](c4cccc(F)c4)[C@@H]3C2)o1. The number of carbonyl (C=O) groups excluding carboxylic acids is 2. The van der Waals surface area contributed by atoms with Crippen molar-refractivity contribution in [3.8, 4) is 0 Å². The van der Waals surface area contributed by atoms with E-state index in [-0.39, 0.29) is 46.8 Å². The molecule has 7 nitrogen and oxygen atoms in total. The van der Waals surface area contributed by atoms with E-state index in [0.717, 1.165) is 0 Å². The van der Waals surface area contributed by atoms with E-state index in [4.69, 9.17) is 4.42 Å². The second kappa shape index (κ2) is 7.59. The van der Waals surface area contributed by atoms with E-state index >= 15 is 0 Å². The Balaban J connectivity index is 1.63. The molecule has 3 amide bonds. The van der Waals surface area contributed by atoms with Gasteiger partial charge in [-0.3, -0.25) is 9.59 Å². The van der Waals surface area contributed by atoms with E-state index in [2.05, 4.69) is 0 Å². The third-order valence-corrected chi connectivity index (χ3v) is 5.87. The zero-order chi connectivity index (χ0) is 21.6. The largest absolute Gasteiger partial charge is 0.456 e. The average molecular weight is 413 g/mol. The molecule has 1 aromatic heterocycles. The first-order chi connectivity index (χ1) is 14.2. The van der Waals surface area contributed by atoms with Crippen molar-refractivity contribution in [2.45, 2.75) is 13.0 Å². The summed E-state index contributed by atoms with van der Waals surface area (Å²) in [4.78, 5) is 42.4. The van der Waals surface area contributed by atoms with Crippen molar-refractivity contribution in [2.24, 2.45) is 11.8 Å². The lowest BCUT2D eigenvalue weighted by Gasteiger charge is -2.31. The number of amides is 3. The van der Waals surface area contributed by atoms with Crippen LogP contribution in [0.5, 0.6) is 0 Å². The van der Waals surface area contributed by atoms with Crippen LogP contribution in [-0.4, -0.2) is 60.4 Å². The molecule has 0 spiro atoms. The molecule has 2 aliphatic heterocycles. The summed E-state index contributed by atoms with van der Waals surface area (Å²) in [6, 6.07) is 8.34. The molecule has 0 radical (unpaired) electrons. The van der Waals surface area contributed by atoms with Crippen LogP contribution in [0.25, 0.3) is 0 Å². The van der Waals surface area contributed by atoms with Crippen LogP contribution in [0, 0.1) is 24.6 Å². The van der Waals surface area contributed by atoms with Gasteiger partial charge in [0.15, 0.2) is 11.2 Å². The van der Waals surface area contributed by atoms with E-state index in [1.165, 1.54) is 29.2 Å². The third-order valence-electron chi connectivity index (χ3n) is 5.87. The topological polar surface area (TPSA) is 74.1 Å². The van der Waals surface area contributed by atoms with Crippen molar-refractivity contribution >= 4 is 11.9 Å². The summed E-state index contributed by atoms with van der Waals surface area (Å²) >= 11 is 0. The summed E-state index contributed by atoms with van der Waals surface area (Å²) in [6.45, 7) is 2.95. The third kappa shape index (κ3) is 3.58. The highest BCUT2D eigenvalue weighted by Gasteiger charge is 2.50. The fourth-order valence-corrected chi connectivity index (χ4v) is 4.65. The maximum atomic E-state index is 13.9. The second-order valence-corrected chi connectivity index (χ2v) is 8.23. The molecule has 4 rings (SSSR count). The van der Waals surface area contributed by atoms with Gasteiger partial charge in [-0.15, -0.1) is 0 Å². The van der Waals surface area contributed by atoms with Gasteiger partial charge in [-0.05, 0) is 24.6 Å². The van der Waals surface area contributed by atoms with Crippen LogP contribution in [0.2, 0.25) is 0 Å². The first-order valence-electron chi connectivity index (χ1n) is 9.89. The molecule has 0 unspecified atom stereocenters. The van der Waals surface area contributed by atoms with Gasteiger partial charge in [0.05, 0.1) is 6.04 Å². The van der Waals surface area contributed by atoms with Crippen LogP contribution in [0.4, 0.5) is 9.18 Å². The fourth-order valence-electron chi connectivity index (χ4n) is 4.65. The first kappa shape index (κ1) is 20.1. The molecule has 8 heteroatoms. The normalized spacial score (nSPS) is 22.9. The van der Waals surface area contributed by atoms with Crippen LogP contribution >= 0.6 is 0 Å². The highest BCUT2D eigenvalue weighted by molar-refractivity contribution is 5.91. The molecular formula is C22H24FN3O4. The summed E-state index contributed by atoms with van der Waals surface area (Å²) in [7, 11) is 3.38. The Morgan fingerprint density at radius 2 is 1.90 bits per heavy atom. The minimum absolute atomic E-state index is 0.0171. The number of benzene rings is 1. The van der Waals surface area contributed by atoms with Gasteiger partial charge in [0.1, 0.15) is 11.6 Å². The van der Waals surface area contributed by atoms with Gasteiger partial charge in [-0.1, -0.05) is 12.1 Å². The number of urea groups is 1. The lowest BCUT2D eigenvalue weighted by atomic mass is 9.89. The monoisotopic (exact) mass is 413 g/mol. The van der Waals surface area contributed by atoms with Gasteiger partial charge < -0.3 is 19.1 Å². The number of likely N-dealkylation sites (tertiary alicyclic amines) is 2. The molecule has 2 aliphatic rings. The molecule has 2 fully saturated rings. The summed E-state index contributed by atoms with van der Waals surface area (Å²) in [5, 5.41) is 0. The Bertz CT molecular complexity index is 1050. The molecule has 0 N–H and O–H groups in total. The lowest BCUT2D eigenvalue weighted by molar-refractivity contribution is 0.0730. The number of fused-ring (bicyclic) bond motifs is 1. The van der Waals surface area contributed by atoms with E-state index in [1.54, 1.807) is 36.9 Å². The van der Waals surface area contributed by atoms with Crippen LogP contribution in [0.15, 0.2) is 45.6 Å². The molecule has 0 bridgehead atoms. The minimum Gasteiger partial charge on any atom is -0.456 e. The highest BCUT2D eigenvalue weighted by atomic mass is 19.1. The number of hydrogen-bond acceptors (Lipinski definition) is 4. The van der Waals surface area contributed by atoms with Crippen molar-refractivity contribution in [3.63, 3.8) is 0 Å². The zero-order valence-electron chi connectivity index (χ0n) is 17.2. The minimum atomic E-state index is -0.360.